The lowest BCUT2D eigenvalue weighted by atomic mass is 10.2. The molecule has 3 N–H and O–H groups in total. The standard InChI is InChI=1S/C13H11Br2N3O2/c1-20-11-5-8(2-3-10(11)15)18-13(19)9-4-7(14)6-17-12(9)16/h2-6H,1H3,(H2,16,17)(H,18,19). The molecule has 0 aliphatic rings. The number of nitrogens with one attached hydrogen (secondary N) is 1. The molecule has 104 valence electrons. The van der Waals surface area contributed by atoms with E-state index in [4.69, 9.17) is 10.5 Å². The highest BCUT2D eigenvalue weighted by Crippen LogP contribution is 2.28. The smallest absolute Gasteiger partial charge is 0.259 e. The van der Waals surface area contributed by atoms with Crippen molar-refractivity contribution in [2.45, 2.75) is 0 Å². The van der Waals surface area contributed by atoms with Crippen molar-refractivity contribution in [1.82, 2.24) is 4.98 Å². The molecule has 1 aromatic heterocycles. The largest absolute Gasteiger partial charge is 0.495 e. The van der Waals surface area contributed by atoms with Gasteiger partial charge in [-0.2, -0.15) is 0 Å². The zero-order valence-electron chi connectivity index (χ0n) is 10.5. The van der Waals surface area contributed by atoms with Crippen LogP contribution < -0.4 is 15.8 Å². The molecule has 0 bridgehead atoms. The Bertz CT molecular complexity index is 662. The molecule has 20 heavy (non-hydrogen) atoms. The molecular formula is C13H11Br2N3O2. The maximum atomic E-state index is 12.2. The molecule has 0 spiro atoms. The van der Waals surface area contributed by atoms with Gasteiger partial charge in [-0.3, -0.25) is 4.79 Å². The van der Waals surface area contributed by atoms with E-state index in [0.29, 0.717) is 21.5 Å². The zero-order chi connectivity index (χ0) is 14.7. The molecule has 0 aliphatic heterocycles. The van der Waals surface area contributed by atoms with E-state index in [1.165, 1.54) is 6.20 Å². The molecule has 2 rings (SSSR count). The molecule has 0 radical (unpaired) electrons. The van der Waals surface area contributed by atoms with Crippen LogP contribution in [-0.2, 0) is 0 Å². The van der Waals surface area contributed by atoms with Crippen LogP contribution in [0.15, 0.2) is 39.4 Å². The molecule has 1 amide bonds. The second-order valence-electron chi connectivity index (χ2n) is 3.89. The fourth-order valence-electron chi connectivity index (χ4n) is 1.57. The molecule has 0 atom stereocenters. The van der Waals surface area contributed by atoms with Crippen molar-refractivity contribution in [3.05, 3.63) is 45.0 Å². The Morgan fingerprint density at radius 1 is 1.35 bits per heavy atom. The predicted octanol–water partition coefficient (Wildman–Crippen LogP) is 3.45. The predicted molar refractivity (Wildman–Crippen MR) is 85.0 cm³/mol. The lowest BCUT2D eigenvalue weighted by molar-refractivity contribution is 0.102. The number of halogens is 2. The monoisotopic (exact) mass is 399 g/mol. The van der Waals surface area contributed by atoms with E-state index in [1.807, 2.05) is 0 Å². The van der Waals surface area contributed by atoms with Crippen LogP contribution in [0.2, 0.25) is 0 Å². The molecule has 5 nitrogen and oxygen atoms in total. The molecular weight excluding hydrogens is 390 g/mol. The number of nitrogen functional groups attached to an aromatic ring is 1. The fourth-order valence-corrected chi connectivity index (χ4v) is 2.31. The maximum Gasteiger partial charge on any atom is 0.259 e. The first-order valence-corrected chi connectivity index (χ1v) is 7.15. The first-order chi connectivity index (χ1) is 9.51. The summed E-state index contributed by atoms with van der Waals surface area (Å²) >= 11 is 6.61. The van der Waals surface area contributed by atoms with Crippen LogP contribution in [0.25, 0.3) is 0 Å². The van der Waals surface area contributed by atoms with Gasteiger partial charge in [0, 0.05) is 22.4 Å². The van der Waals surface area contributed by atoms with Gasteiger partial charge in [0.15, 0.2) is 0 Å². The van der Waals surface area contributed by atoms with Crippen LogP contribution in [0.3, 0.4) is 0 Å². The highest BCUT2D eigenvalue weighted by molar-refractivity contribution is 9.10. The van der Waals surface area contributed by atoms with Crippen molar-refractivity contribution >= 4 is 49.3 Å². The summed E-state index contributed by atoms with van der Waals surface area (Å²) in [4.78, 5) is 16.1. The lowest BCUT2D eigenvalue weighted by Crippen LogP contribution is -2.15. The average molecular weight is 401 g/mol. The third-order valence-corrected chi connectivity index (χ3v) is 3.63. The summed E-state index contributed by atoms with van der Waals surface area (Å²) in [6.45, 7) is 0. The average Bonchev–Trinajstić information content (AvgIpc) is 2.43. The number of anilines is 2. The summed E-state index contributed by atoms with van der Waals surface area (Å²) in [6.07, 6.45) is 1.54. The van der Waals surface area contributed by atoms with E-state index < -0.39 is 0 Å². The number of ether oxygens (including phenoxy) is 1. The van der Waals surface area contributed by atoms with Crippen molar-refractivity contribution in [2.75, 3.05) is 18.2 Å². The Labute approximate surface area is 132 Å². The van der Waals surface area contributed by atoms with E-state index in [1.54, 1.807) is 31.4 Å². The molecule has 0 fully saturated rings. The first kappa shape index (κ1) is 14.8. The number of benzene rings is 1. The van der Waals surface area contributed by atoms with E-state index in [9.17, 15) is 4.79 Å². The van der Waals surface area contributed by atoms with Gasteiger partial charge < -0.3 is 15.8 Å². The van der Waals surface area contributed by atoms with Gasteiger partial charge in [0.2, 0.25) is 0 Å². The number of rotatable bonds is 3. The number of carbonyl (C=O) groups is 1. The lowest BCUT2D eigenvalue weighted by Gasteiger charge is -2.09. The zero-order valence-corrected chi connectivity index (χ0v) is 13.7. The summed E-state index contributed by atoms with van der Waals surface area (Å²) in [7, 11) is 1.56. The number of methoxy groups -OCH3 is 1. The third-order valence-electron chi connectivity index (χ3n) is 2.54. The van der Waals surface area contributed by atoms with Gasteiger partial charge in [-0.1, -0.05) is 0 Å². The second-order valence-corrected chi connectivity index (χ2v) is 5.66. The minimum Gasteiger partial charge on any atom is -0.495 e. The van der Waals surface area contributed by atoms with Crippen molar-refractivity contribution in [1.29, 1.82) is 0 Å². The van der Waals surface area contributed by atoms with E-state index in [2.05, 4.69) is 42.2 Å². The second kappa shape index (κ2) is 6.23. The molecule has 0 saturated heterocycles. The van der Waals surface area contributed by atoms with Crippen LogP contribution in [0, 0.1) is 0 Å². The SMILES string of the molecule is COc1cc(NC(=O)c2cc(Br)cnc2N)ccc1Br. The number of carbonyl (C=O) groups excluding carboxylic acids is 1. The van der Waals surface area contributed by atoms with Crippen LogP contribution in [-0.4, -0.2) is 18.0 Å². The van der Waals surface area contributed by atoms with E-state index >= 15 is 0 Å². The Balaban J connectivity index is 2.25. The van der Waals surface area contributed by atoms with Crippen LogP contribution >= 0.6 is 31.9 Å². The summed E-state index contributed by atoms with van der Waals surface area (Å²) in [5.41, 5.74) is 6.61. The minimum atomic E-state index is -0.333. The number of nitrogens with zero attached hydrogens (tertiary/aromatic N) is 1. The van der Waals surface area contributed by atoms with Crippen LogP contribution in [0.4, 0.5) is 11.5 Å². The Morgan fingerprint density at radius 2 is 2.10 bits per heavy atom. The molecule has 0 unspecified atom stereocenters. The summed E-state index contributed by atoms with van der Waals surface area (Å²) in [6, 6.07) is 6.88. The highest BCUT2D eigenvalue weighted by atomic mass is 79.9. The molecule has 2 aromatic rings. The molecule has 7 heteroatoms. The molecule has 1 aromatic carbocycles. The number of hydrogen-bond acceptors (Lipinski definition) is 4. The number of amides is 1. The third kappa shape index (κ3) is 3.29. The van der Waals surface area contributed by atoms with Gasteiger partial charge in [0.05, 0.1) is 17.1 Å². The summed E-state index contributed by atoms with van der Waals surface area (Å²) < 4.78 is 6.67. The Morgan fingerprint density at radius 3 is 2.80 bits per heavy atom. The molecule has 1 heterocycles. The number of nitrogens with two attached hydrogens (primary N) is 1. The highest BCUT2D eigenvalue weighted by Gasteiger charge is 2.12. The number of pyridine rings is 1. The van der Waals surface area contributed by atoms with Gasteiger partial charge in [-0.05, 0) is 50.1 Å². The topological polar surface area (TPSA) is 77.2 Å². The first-order valence-electron chi connectivity index (χ1n) is 5.57. The van der Waals surface area contributed by atoms with Crippen LogP contribution in [0.1, 0.15) is 10.4 Å². The molecule has 0 saturated carbocycles. The quantitative estimate of drug-likeness (QED) is 0.827. The van der Waals surface area contributed by atoms with Gasteiger partial charge in [-0.15, -0.1) is 0 Å². The van der Waals surface area contributed by atoms with E-state index in [0.717, 1.165) is 4.47 Å². The summed E-state index contributed by atoms with van der Waals surface area (Å²) in [5, 5.41) is 2.75. The fraction of sp³-hybridized carbons (Fsp3) is 0.0769. The normalized spacial score (nSPS) is 10.2. The number of aromatic nitrogens is 1. The van der Waals surface area contributed by atoms with Crippen molar-refractivity contribution in [2.24, 2.45) is 0 Å². The van der Waals surface area contributed by atoms with Gasteiger partial charge in [0.1, 0.15) is 11.6 Å². The van der Waals surface area contributed by atoms with Crippen molar-refractivity contribution in [3.63, 3.8) is 0 Å². The van der Waals surface area contributed by atoms with Gasteiger partial charge in [-0.25, -0.2) is 4.98 Å². The van der Waals surface area contributed by atoms with Crippen molar-refractivity contribution in [3.8, 4) is 5.75 Å². The van der Waals surface area contributed by atoms with E-state index in [-0.39, 0.29) is 11.7 Å². The number of hydrogen-bond donors (Lipinski definition) is 2. The molecule has 0 aliphatic carbocycles. The van der Waals surface area contributed by atoms with Gasteiger partial charge >= 0.3 is 0 Å². The van der Waals surface area contributed by atoms with Crippen LogP contribution in [0.5, 0.6) is 5.75 Å². The maximum absolute atomic E-state index is 12.2. The minimum absolute atomic E-state index is 0.176. The Hall–Kier alpha value is -1.60. The van der Waals surface area contributed by atoms with Crippen molar-refractivity contribution < 1.29 is 9.53 Å². The Kier molecular flexibility index (Phi) is 4.61. The van der Waals surface area contributed by atoms with Gasteiger partial charge in [0.25, 0.3) is 5.91 Å². The summed E-state index contributed by atoms with van der Waals surface area (Å²) in [5.74, 6) is 0.471.